The number of aromatic nitrogens is 1. The van der Waals surface area contributed by atoms with E-state index in [0.29, 0.717) is 5.75 Å². The fourth-order valence-corrected chi connectivity index (χ4v) is 3.29. The molecule has 1 aromatic heterocycles. The number of ether oxygens (including phenoxy) is 1. The zero-order valence-electron chi connectivity index (χ0n) is 14.8. The van der Waals surface area contributed by atoms with Gasteiger partial charge in [0.15, 0.2) is 6.61 Å². The smallest absolute Gasteiger partial charge is 0.262 e. The number of benzene rings is 2. The summed E-state index contributed by atoms with van der Waals surface area (Å²) in [4.78, 5) is 16.6. The molecule has 0 aliphatic heterocycles. The molecular formula is C20H19ClN2O2S. The van der Waals surface area contributed by atoms with E-state index in [1.165, 1.54) is 0 Å². The monoisotopic (exact) mass is 386 g/mol. The molecule has 0 saturated heterocycles. The molecule has 1 heterocycles. The van der Waals surface area contributed by atoms with Crippen LogP contribution in [0.1, 0.15) is 16.1 Å². The van der Waals surface area contributed by atoms with E-state index in [4.69, 9.17) is 16.3 Å². The molecule has 0 spiro atoms. The van der Waals surface area contributed by atoms with Crippen molar-refractivity contribution in [2.75, 3.05) is 11.9 Å². The fraction of sp³-hybridized carbons (Fsp3) is 0.200. The van der Waals surface area contributed by atoms with Crippen molar-refractivity contribution in [1.29, 1.82) is 0 Å². The Kier molecular flexibility index (Phi) is 5.59. The summed E-state index contributed by atoms with van der Waals surface area (Å²) in [6, 6.07) is 11.3. The topological polar surface area (TPSA) is 51.2 Å². The van der Waals surface area contributed by atoms with E-state index in [1.54, 1.807) is 11.3 Å². The Balaban J connectivity index is 1.58. The quantitative estimate of drug-likeness (QED) is 0.638. The Hall–Kier alpha value is -2.37. The first-order chi connectivity index (χ1) is 12.4. The number of rotatable bonds is 5. The summed E-state index contributed by atoms with van der Waals surface area (Å²) < 4.78 is 5.57. The van der Waals surface area contributed by atoms with E-state index in [2.05, 4.69) is 10.3 Å². The van der Waals surface area contributed by atoms with E-state index in [1.807, 2.05) is 62.5 Å². The van der Waals surface area contributed by atoms with Crippen molar-refractivity contribution in [2.24, 2.45) is 0 Å². The molecule has 0 saturated carbocycles. The van der Waals surface area contributed by atoms with Crippen molar-refractivity contribution < 1.29 is 9.53 Å². The molecule has 0 fully saturated rings. The maximum Gasteiger partial charge on any atom is 0.262 e. The molecule has 134 valence electrons. The number of anilines is 1. The van der Waals surface area contributed by atoms with Crippen LogP contribution in [0.4, 0.5) is 5.69 Å². The summed E-state index contributed by atoms with van der Waals surface area (Å²) in [7, 11) is 0. The van der Waals surface area contributed by atoms with Crippen molar-refractivity contribution in [3.8, 4) is 17.0 Å². The van der Waals surface area contributed by atoms with E-state index < -0.39 is 0 Å². The minimum Gasteiger partial charge on any atom is -0.484 e. The second-order valence-corrected chi connectivity index (χ2v) is 7.48. The number of amides is 1. The molecule has 1 amide bonds. The second-order valence-electron chi connectivity index (χ2n) is 6.04. The molecule has 26 heavy (non-hydrogen) atoms. The lowest BCUT2D eigenvalue weighted by Crippen LogP contribution is -2.20. The molecular weight excluding hydrogens is 368 g/mol. The molecule has 6 heteroatoms. The number of nitrogens with one attached hydrogen (secondary N) is 1. The molecule has 0 radical (unpaired) electrons. The zero-order chi connectivity index (χ0) is 18.7. The van der Waals surface area contributed by atoms with Crippen LogP contribution in [0.5, 0.6) is 5.75 Å². The van der Waals surface area contributed by atoms with Gasteiger partial charge < -0.3 is 10.1 Å². The lowest BCUT2D eigenvalue weighted by atomic mass is 10.1. The highest BCUT2D eigenvalue weighted by atomic mass is 35.5. The maximum absolute atomic E-state index is 12.1. The first-order valence-corrected chi connectivity index (χ1v) is 9.40. The molecule has 0 aliphatic rings. The highest BCUT2D eigenvalue weighted by Crippen LogP contribution is 2.26. The minimum absolute atomic E-state index is 0.0620. The van der Waals surface area contributed by atoms with Crippen molar-refractivity contribution >= 4 is 34.5 Å². The Morgan fingerprint density at radius 2 is 1.81 bits per heavy atom. The average Bonchev–Trinajstić information content (AvgIpc) is 3.05. The van der Waals surface area contributed by atoms with Gasteiger partial charge in [-0.2, -0.15) is 0 Å². The molecule has 4 nitrogen and oxygen atoms in total. The highest BCUT2D eigenvalue weighted by Gasteiger charge is 2.08. The summed E-state index contributed by atoms with van der Waals surface area (Å²) in [5.41, 5.74) is 4.54. The van der Waals surface area contributed by atoms with Gasteiger partial charge in [-0.1, -0.05) is 23.7 Å². The molecule has 0 bridgehead atoms. The number of carbonyl (C=O) groups excluding carboxylic acids is 1. The fourth-order valence-electron chi connectivity index (χ4n) is 2.56. The number of thiazole rings is 1. The van der Waals surface area contributed by atoms with E-state index in [-0.39, 0.29) is 12.5 Å². The number of hydrogen-bond donors (Lipinski definition) is 1. The average molecular weight is 387 g/mol. The Morgan fingerprint density at radius 1 is 1.15 bits per heavy atom. The lowest BCUT2D eigenvalue weighted by molar-refractivity contribution is -0.118. The van der Waals surface area contributed by atoms with Crippen molar-refractivity contribution in [1.82, 2.24) is 4.98 Å². The maximum atomic E-state index is 12.1. The molecule has 3 rings (SSSR count). The van der Waals surface area contributed by atoms with Crippen LogP contribution in [-0.4, -0.2) is 17.5 Å². The number of hydrogen-bond acceptors (Lipinski definition) is 4. The number of halogens is 1. The predicted molar refractivity (Wildman–Crippen MR) is 107 cm³/mol. The molecule has 2 aromatic carbocycles. The third kappa shape index (κ3) is 4.42. The molecule has 3 aromatic rings. The second kappa shape index (κ2) is 7.89. The molecule has 1 N–H and O–H groups in total. The van der Waals surface area contributed by atoms with Gasteiger partial charge in [0.1, 0.15) is 5.75 Å². The van der Waals surface area contributed by atoms with Crippen LogP contribution in [0, 0.1) is 20.8 Å². The highest BCUT2D eigenvalue weighted by molar-refractivity contribution is 7.09. The largest absolute Gasteiger partial charge is 0.484 e. The van der Waals surface area contributed by atoms with Gasteiger partial charge in [-0.25, -0.2) is 4.98 Å². The van der Waals surface area contributed by atoms with Crippen LogP contribution in [0.2, 0.25) is 5.02 Å². The Morgan fingerprint density at radius 3 is 2.38 bits per heavy atom. The van der Waals surface area contributed by atoms with Crippen LogP contribution in [0.15, 0.2) is 41.8 Å². The summed E-state index contributed by atoms with van der Waals surface area (Å²) in [5, 5.41) is 6.60. The lowest BCUT2D eigenvalue weighted by Gasteiger charge is -2.10. The summed E-state index contributed by atoms with van der Waals surface area (Å²) in [6.07, 6.45) is 0. The SMILES string of the molecule is Cc1nc(-c2ccc(NC(=O)COc3cc(C)c(Cl)c(C)c3)cc2)cs1. The van der Waals surface area contributed by atoms with Gasteiger partial charge in [-0.3, -0.25) is 4.79 Å². The van der Waals surface area contributed by atoms with Gasteiger partial charge in [0.05, 0.1) is 10.7 Å². The third-order valence-corrected chi connectivity index (χ3v) is 5.23. The predicted octanol–water partition coefficient (Wildman–Crippen LogP) is 5.41. The van der Waals surface area contributed by atoms with Crippen LogP contribution in [0.3, 0.4) is 0 Å². The molecule has 0 aliphatic carbocycles. The number of nitrogens with zero attached hydrogens (tertiary/aromatic N) is 1. The van der Waals surface area contributed by atoms with Gasteiger partial charge in [0.25, 0.3) is 5.91 Å². The van der Waals surface area contributed by atoms with Crippen molar-refractivity contribution in [3.63, 3.8) is 0 Å². The van der Waals surface area contributed by atoms with Gasteiger partial charge in [-0.15, -0.1) is 11.3 Å². The van der Waals surface area contributed by atoms with Crippen LogP contribution < -0.4 is 10.1 Å². The van der Waals surface area contributed by atoms with Gasteiger partial charge in [0, 0.05) is 21.7 Å². The first-order valence-electron chi connectivity index (χ1n) is 8.14. The van der Waals surface area contributed by atoms with E-state index in [9.17, 15) is 4.79 Å². The van der Waals surface area contributed by atoms with Crippen LogP contribution in [0.25, 0.3) is 11.3 Å². The third-order valence-electron chi connectivity index (χ3n) is 3.86. The summed E-state index contributed by atoms with van der Waals surface area (Å²) >= 11 is 7.76. The van der Waals surface area contributed by atoms with E-state index >= 15 is 0 Å². The van der Waals surface area contributed by atoms with Gasteiger partial charge >= 0.3 is 0 Å². The normalized spacial score (nSPS) is 10.6. The Bertz CT molecular complexity index is 912. The molecule has 0 atom stereocenters. The Labute approximate surface area is 161 Å². The summed E-state index contributed by atoms with van der Waals surface area (Å²) in [5.74, 6) is 0.418. The van der Waals surface area contributed by atoms with Gasteiger partial charge in [0.2, 0.25) is 0 Å². The van der Waals surface area contributed by atoms with Crippen LogP contribution in [-0.2, 0) is 4.79 Å². The van der Waals surface area contributed by atoms with Crippen LogP contribution >= 0.6 is 22.9 Å². The van der Waals surface area contributed by atoms with E-state index in [0.717, 1.165) is 38.1 Å². The van der Waals surface area contributed by atoms with Crippen molar-refractivity contribution in [2.45, 2.75) is 20.8 Å². The standard InChI is InChI=1S/C20H19ClN2O2S/c1-12-8-17(9-13(2)20(12)21)25-10-19(24)23-16-6-4-15(5-7-16)18-11-26-14(3)22-18/h4-9,11H,10H2,1-3H3,(H,23,24). The first kappa shape index (κ1) is 18.4. The van der Waals surface area contributed by atoms with Gasteiger partial charge in [-0.05, 0) is 56.2 Å². The number of carbonyl (C=O) groups is 1. The summed E-state index contributed by atoms with van der Waals surface area (Å²) in [6.45, 7) is 5.74. The minimum atomic E-state index is -0.215. The zero-order valence-corrected chi connectivity index (χ0v) is 16.4. The number of aryl methyl sites for hydroxylation is 3. The molecule has 0 unspecified atom stereocenters. The van der Waals surface area contributed by atoms with Crippen molar-refractivity contribution in [3.05, 3.63) is 62.9 Å².